The molecule has 0 aromatic heterocycles. The van der Waals surface area contributed by atoms with Crippen LogP contribution in [-0.2, 0) is 14.3 Å². The lowest BCUT2D eigenvalue weighted by Crippen LogP contribution is -2.28. The topological polar surface area (TPSA) is 67.4 Å². The fourth-order valence-electron chi connectivity index (χ4n) is 0.821. The molecule has 0 bridgehead atoms. The summed E-state index contributed by atoms with van der Waals surface area (Å²) in [6.45, 7) is 1.39. The average molecular weight is 188 g/mol. The number of hydrogen-bond donors (Lipinski definition) is 2. The molecular formula is C8H16N2O3. The Morgan fingerprint density at radius 1 is 1.38 bits per heavy atom. The van der Waals surface area contributed by atoms with Crippen molar-refractivity contribution in [3.05, 3.63) is 0 Å². The van der Waals surface area contributed by atoms with Gasteiger partial charge in [-0.3, -0.25) is 9.59 Å². The molecule has 0 aromatic rings. The monoisotopic (exact) mass is 188 g/mol. The maximum atomic E-state index is 10.8. The largest absolute Gasteiger partial charge is 0.375 e. The van der Waals surface area contributed by atoms with Crippen molar-refractivity contribution in [2.24, 2.45) is 0 Å². The van der Waals surface area contributed by atoms with Crippen molar-refractivity contribution in [2.75, 3.05) is 26.8 Å². The molecule has 5 nitrogen and oxygen atoms in total. The SMILES string of the molecule is COCC(=O)NCCCCNC=O. The molecule has 5 heteroatoms. The second kappa shape index (κ2) is 8.99. The number of nitrogens with one attached hydrogen (secondary N) is 2. The number of hydrogen-bond acceptors (Lipinski definition) is 3. The van der Waals surface area contributed by atoms with E-state index in [1.807, 2.05) is 0 Å². The first-order chi connectivity index (χ1) is 6.31. The zero-order valence-corrected chi connectivity index (χ0v) is 7.84. The molecule has 2 N–H and O–H groups in total. The van der Waals surface area contributed by atoms with Gasteiger partial charge in [-0.2, -0.15) is 0 Å². The molecule has 0 radical (unpaired) electrons. The third-order valence-electron chi connectivity index (χ3n) is 1.43. The highest BCUT2D eigenvalue weighted by Gasteiger charge is 1.97. The summed E-state index contributed by atoms with van der Waals surface area (Å²) in [4.78, 5) is 20.7. The summed E-state index contributed by atoms with van der Waals surface area (Å²) in [6.07, 6.45) is 2.39. The Labute approximate surface area is 77.8 Å². The molecule has 0 fully saturated rings. The molecule has 13 heavy (non-hydrogen) atoms. The van der Waals surface area contributed by atoms with E-state index in [0.29, 0.717) is 19.5 Å². The third kappa shape index (κ3) is 8.81. The summed E-state index contributed by atoms with van der Waals surface area (Å²) in [5, 5.41) is 5.22. The summed E-state index contributed by atoms with van der Waals surface area (Å²) in [7, 11) is 1.48. The number of carbonyl (C=O) groups is 2. The van der Waals surface area contributed by atoms with Crippen LogP contribution in [0.2, 0.25) is 0 Å². The van der Waals surface area contributed by atoms with E-state index in [1.54, 1.807) is 0 Å². The van der Waals surface area contributed by atoms with E-state index in [2.05, 4.69) is 15.4 Å². The van der Waals surface area contributed by atoms with E-state index in [1.165, 1.54) is 7.11 Å². The van der Waals surface area contributed by atoms with Crippen LogP contribution in [0.5, 0.6) is 0 Å². The van der Waals surface area contributed by atoms with E-state index < -0.39 is 0 Å². The Bertz CT molecular complexity index is 150. The Morgan fingerprint density at radius 3 is 2.69 bits per heavy atom. The minimum atomic E-state index is -0.106. The van der Waals surface area contributed by atoms with Gasteiger partial charge in [0.2, 0.25) is 12.3 Å². The second-order valence-corrected chi connectivity index (χ2v) is 2.56. The van der Waals surface area contributed by atoms with Crippen molar-refractivity contribution < 1.29 is 14.3 Å². The first kappa shape index (κ1) is 11.9. The van der Waals surface area contributed by atoms with Crippen molar-refractivity contribution in [3.63, 3.8) is 0 Å². The molecule has 2 amide bonds. The van der Waals surface area contributed by atoms with Gasteiger partial charge in [-0.1, -0.05) is 0 Å². The van der Waals surface area contributed by atoms with Gasteiger partial charge in [0.15, 0.2) is 0 Å². The van der Waals surface area contributed by atoms with Gasteiger partial charge in [-0.25, -0.2) is 0 Å². The Kier molecular flexibility index (Phi) is 8.23. The molecule has 0 saturated carbocycles. The summed E-state index contributed by atoms with van der Waals surface area (Å²) in [5.41, 5.74) is 0. The lowest BCUT2D eigenvalue weighted by atomic mass is 10.3. The van der Waals surface area contributed by atoms with E-state index in [0.717, 1.165) is 12.8 Å². The van der Waals surface area contributed by atoms with Crippen LogP contribution in [-0.4, -0.2) is 39.1 Å². The number of carbonyl (C=O) groups excluding carboxylic acids is 2. The molecule has 0 aliphatic heterocycles. The summed E-state index contributed by atoms with van der Waals surface area (Å²) in [6, 6.07) is 0. The van der Waals surface area contributed by atoms with Gasteiger partial charge in [0.1, 0.15) is 6.61 Å². The number of rotatable bonds is 8. The number of methoxy groups -OCH3 is 1. The molecule has 0 aliphatic carbocycles. The van der Waals surface area contributed by atoms with Gasteiger partial charge < -0.3 is 15.4 Å². The zero-order chi connectivity index (χ0) is 9.94. The van der Waals surface area contributed by atoms with Gasteiger partial charge in [0.25, 0.3) is 0 Å². The van der Waals surface area contributed by atoms with Crippen LogP contribution in [0.1, 0.15) is 12.8 Å². The molecule has 0 unspecified atom stereocenters. The first-order valence-electron chi connectivity index (χ1n) is 4.24. The van der Waals surface area contributed by atoms with Gasteiger partial charge in [-0.15, -0.1) is 0 Å². The smallest absolute Gasteiger partial charge is 0.245 e. The molecule has 0 aromatic carbocycles. The van der Waals surface area contributed by atoms with Gasteiger partial charge in [0.05, 0.1) is 0 Å². The molecule has 0 heterocycles. The van der Waals surface area contributed by atoms with Crippen LogP contribution in [0.25, 0.3) is 0 Å². The van der Waals surface area contributed by atoms with Crippen LogP contribution >= 0.6 is 0 Å². The van der Waals surface area contributed by atoms with E-state index >= 15 is 0 Å². The summed E-state index contributed by atoms with van der Waals surface area (Å²) < 4.78 is 4.63. The van der Waals surface area contributed by atoms with Crippen LogP contribution in [0, 0.1) is 0 Å². The van der Waals surface area contributed by atoms with Gasteiger partial charge >= 0.3 is 0 Å². The average Bonchev–Trinajstić information content (AvgIpc) is 2.11. The summed E-state index contributed by atoms with van der Waals surface area (Å²) in [5.74, 6) is -0.106. The minimum absolute atomic E-state index is 0.104. The fourth-order valence-corrected chi connectivity index (χ4v) is 0.821. The van der Waals surface area contributed by atoms with Crippen LogP contribution in [0.15, 0.2) is 0 Å². The number of amides is 2. The number of ether oxygens (including phenoxy) is 1. The fraction of sp³-hybridized carbons (Fsp3) is 0.750. The summed E-state index contributed by atoms with van der Waals surface area (Å²) >= 11 is 0. The van der Waals surface area contributed by atoms with Crippen molar-refractivity contribution in [1.82, 2.24) is 10.6 Å². The molecule has 76 valence electrons. The van der Waals surface area contributed by atoms with E-state index in [4.69, 9.17) is 0 Å². The lowest BCUT2D eigenvalue weighted by molar-refractivity contribution is -0.124. The normalized spacial score (nSPS) is 9.31. The predicted molar refractivity (Wildman–Crippen MR) is 48.2 cm³/mol. The van der Waals surface area contributed by atoms with E-state index in [-0.39, 0.29) is 12.5 Å². The lowest BCUT2D eigenvalue weighted by Gasteiger charge is -2.03. The Hall–Kier alpha value is -1.10. The highest BCUT2D eigenvalue weighted by Crippen LogP contribution is 1.83. The first-order valence-corrected chi connectivity index (χ1v) is 4.24. The highest BCUT2D eigenvalue weighted by molar-refractivity contribution is 5.77. The molecule has 0 spiro atoms. The molecule has 0 atom stereocenters. The van der Waals surface area contributed by atoms with Gasteiger partial charge in [-0.05, 0) is 12.8 Å². The second-order valence-electron chi connectivity index (χ2n) is 2.56. The molecular weight excluding hydrogens is 172 g/mol. The van der Waals surface area contributed by atoms with Crippen LogP contribution in [0.3, 0.4) is 0 Å². The standard InChI is InChI=1S/C8H16N2O3/c1-13-6-8(12)10-5-3-2-4-9-7-11/h7H,2-6H2,1H3,(H,9,11)(H,10,12). The van der Waals surface area contributed by atoms with Crippen LogP contribution < -0.4 is 10.6 Å². The molecule has 0 saturated heterocycles. The van der Waals surface area contributed by atoms with Gasteiger partial charge in [0, 0.05) is 20.2 Å². The van der Waals surface area contributed by atoms with Crippen molar-refractivity contribution in [3.8, 4) is 0 Å². The predicted octanol–water partition coefficient (Wildman–Crippen LogP) is -0.725. The highest BCUT2D eigenvalue weighted by atomic mass is 16.5. The maximum Gasteiger partial charge on any atom is 0.245 e. The molecule has 0 aliphatic rings. The van der Waals surface area contributed by atoms with Crippen molar-refractivity contribution >= 4 is 12.3 Å². The zero-order valence-electron chi connectivity index (χ0n) is 7.84. The van der Waals surface area contributed by atoms with Crippen LogP contribution in [0.4, 0.5) is 0 Å². The third-order valence-corrected chi connectivity index (χ3v) is 1.43. The molecule has 0 rings (SSSR count). The maximum absolute atomic E-state index is 10.8. The van der Waals surface area contributed by atoms with Crippen molar-refractivity contribution in [2.45, 2.75) is 12.8 Å². The quantitative estimate of drug-likeness (QED) is 0.390. The minimum Gasteiger partial charge on any atom is -0.375 e. The number of unbranched alkanes of at least 4 members (excludes halogenated alkanes) is 1. The Morgan fingerprint density at radius 2 is 2.08 bits per heavy atom. The van der Waals surface area contributed by atoms with E-state index in [9.17, 15) is 9.59 Å². The Balaban J connectivity index is 3.06. The van der Waals surface area contributed by atoms with Crippen molar-refractivity contribution in [1.29, 1.82) is 0 Å².